The van der Waals surface area contributed by atoms with Gasteiger partial charge in [0, 0.05) is 30.1 Å². The van der Waals surface area contributed by atoms with Crippen molar-refractivity contribution in [2.75, 3.05) is 24.9 Å². The molecule has 0 saturated carbocycles. The van der Waals surface area contributed by atoms with Crippen LogP contribution in [0, 0.1) is 0 Å². The number of nitrogens with one attached hydrogen (secondary N) is 1. The number of nitrogens with zero attached hydrogens (tertiary/aromatic N) is 1. The molecule has 0 unspecified atom stereocenters. The van der Waals surface area contributed by atoms with Gasteiger partial charge in [0.1, 0.15) is 0 Å². The molecule has 3 rings (SSSR count). The summed E-state index contributed by atoms with van der Waals surface area (Å²) in [4.78, 5) is 16.7. The van der Waals surface area contributed by atoms with Crippen molar-refractivity contribution in [2.45, 2.75) is 97.4 Å². The van der Waals surface area contributed by atoms with Crippen molar-refractivity contribution in [1.29, 1.82) is 0 Å². The van der Waals surface area contributed by atoms with Crippen LogP contribution in [-0.4, -0.2) is 30.4 Å². The lowest BCUT2D eigenvalue weighted by molar-refractivity contribution is 0.102. The van der Waals surface area contributed by atoms with Crippen LogP contribution in [0.1, 0.15) is 107 Å². The third kappa shape index (κ3) is 11.2. The Balaban J connectivity index is 1.38. The number of hydrogen-bond donors (Lipinski definition) is 1. The second-order valence-electron chi connectivity index (χ2n) is 10.5. The highest BCUT2D eigenvalue weighted by atomic mass is 32.2. The summed E-state index contributed by atoms with van der Waals surface area (Å²) < 4.78 is 11.6. The van der Waals surface area contributed by atoms with Crippen molar-refractivity contribution in [3.63, 3.8) is 0 Å². The van der Waals surface area contributed by atoms with Crippen molar-refractivity contribution in [3.05, 3.63) is 64.7 Å². The Labute approximate surface area is 240 Å². The predicted molar refractivity (Wildman–Crippen MR) is 166 cm³/mol. The number of amides is 1. The van der Waals surface area contributed by atoms with Crippen molar-refractivity contribution in [3.8, 4) is 11.5 Å². The summed E-state index contributed by atoms with van der Waals surface area (Å²) in [6, 6.07) is 13.4. The highest BCUT2D eigenvalue weighted by Gasteiger charge is 2.16. The van der Waals surface area contributed by atoms with E-state index in [1.165, 1.54) is 75.5 Å². The largest absolute Gasteiger partial charge is 0.493 e. The number of benzene rings is 2. The van der Waals surface area contributed by atoms with Crippen LogP contribution >= 0.6 is 11.8 Å². The molecule has 0 bridgehead atoms. The molecule has 1 heterocycles. The van der Waals surface area contributed by atoms with Crippen molar-refractivity contribution in [1.82, 2.24) is 4.90 Å². The highest BCUT2D eigenvalue weighted by Crippen LogP contribution is 2.31. The third-order valence-corrected chi connectivity index (χ3v) is 8.16. The predicted octanol–water partition coefficient (Wildman–Crippen LogP) is 9.39. The number of thioether (sulfide) groups is 1. The van der Waals surface area contributed by atoms with E-state index >= 15 is 0 Å². The minimum Gasteiger partial charge on any atom is -0.493 e. The summed E-state index contributed by atoms with van der Waals surface area (Å²) in [6.45, 7) is 5.77. The van der Waals surface area contributed by atoms with Crippen LogP contribution in [0.5, 0.6) is 11.5 Å². The first kappa shape index (κ1) is 30.9. The zero-order valence-electron chi connectivity index (χ0n) is 24.3. The molecular formula is C33H48N2O3S. The number of anilines is 1. The minimum atomic E-state index is -0.120. The van der Waals surface area contributed by atoms with E-state index in [4.69, 9.17) is 9.47 Å². The van der Waals surface area contributed by atoms with Crippen LogP contribution in [0.15, 0.2) is 53.6 Å². The van der Waals surface area contributed by atoms with Crippen molar-refractivity contribution in [2.24, 2.45) is 0 Å². The van der Waals surface area contributed by atoms with Crippen molar-refractivity contribution >= 4 is 23.4 Å². The van der Waals surface area contributed by atoms with E-state index in [2.05, 4.69) is 30.3 Å². The lowest BCUT2D eigenvalue weighted by Gasteiger charge is -2.17. The quantitative estimate of drug-likeness (QED) is 0.176. The molecule has 0 spiro atoms. The summed E-state index contributed by atoms with van der Waals surface area (Å²) in [5, 5.41) is 3.04. The smallest absolute Gasteiger partial charge is 0.256 e. The van der Waals surface area contributed by atoms with Crippen LogP contribution in [0.2, 0.25) is 0 Å². The Kier molecular flexibility index (Phi) is 14.2. The minimum absolute atomic E-state index is 0.120. The number of unbranched alkanes of at least 4 members (excludes halogenated alkanes) is 11. The topological polar surface area (TPSA) is 50.8 Å². The molecule has 214 valence electrons. The molecule has 0 fully saturated rings. The second kappa shape index (κ2) is 17.9. The summed E-state index contributed by atoms with van der Waals surface area (Å²) in [5.41, 5.74) is 2.39. The van der Waals surface area contributed by atoms with Crippen LogP contribution in [0.25, 0.3) is 0 Å². The molecule has 6 heteroatoms. The normalized spacial score (nSPS) is 12.9. The summed E-state index contributed by atoms with van der Waals surface area (Å²) in [5.74, 6) is 2.15. The molecule has 5 nitrogen and oxygen atoms in total. The molecule has 0 aliphatic carbocycles. The number of carbonyl (C=O) groups is 1. The van der Waals surface area contributed by atoms with E-state index in [1.807, 2.05) is 54.2 Å². The third-order valence-electron chi connectivity index (χ3n) is 7.13. The molecule has 2 aromatic carbocycles. The molecule has 1 aliphatic rings. The number of methoxy groups -OCH3 is 1. The van der Waals surface area contributed by atoms with Gasteiger partial charge in [-0.2, -0.15) is 0 Å². The average molecular weight is 553 g/mol. The highest BCUT2D eigenvalue weighted by molar-refractivity contribution is 8.03. The van der Waals surface area contributed by atoms with Gasteiger partial charge >= 0.3 is 0 Å². The fourth-order valence-electron chi connectivity index (χ4n) is 4.89. The van der Waals surface area contributed by atoms with Gasteiger partial charge in [-0.05, 0) is 42.0 Å². The van der Waals surface area contributed by atoms with E-state index in [-0.39, 0.29) is 5.91 Å². The van der Waals surface area contributed by atoms with E-state index in [1.54, 1.807) is 7.11 Å². The van der Waals surface area contributed by atoms with Gasteiger partial charge in [-0.25, -0.2) is 0 Å². The van der Waals surface area contributed by atoms with Crippen LogP contribution in [0.4, 0.5) is 5.69 Å². The fourth-order valence-corrected chi connectivity index (χ4v) is 5.65. The summed E-state index contributed by atoms with van der Waals surface area (Å²) >= 11 is 1.82. The van der Waals surface area contributed by atoms with Gasteiger partial charge < -0.3 is 19.7 Å². The van der Waals surface area contributed by atoms with Gasteiger partial charge in [0.2, 0.25) is 0 Å². The zero-order valence-corrected chi connectivity index (χ0v) is 25.1. The zero-order chi connectivity index (χ0) is 27.7. The lowest BCUT2D eigenvalue weighted by Crippen LogP contribution is -2.19. The standard InChI is InChI=1S/C33H48N2O3S/c1-4-5-6-7-8-9-10-11-12-13-14-17-22-38-31-21-20-29(23-32(31)37-3)34-33(36)30-19-16-15-18-28(30)25-35-24-27(2)39-26-35/h15-16,18-21,23-24H,4-14,17,22,25-26H2,1-3H3,(H,34,36). The lowest BCUT2D eigenvalue weighted by atomic mass is 10.1. The van der Waals surface area contributed by atoms with E-state index < -0.39 is 0 Å². The average Bonchev–Trinajstić information content (AvgIpc) is 3.36. The molecule has 0 radical (unpaired) electrons. The maximum atomic E-state index is 13.1. The summed E-state index contributed by atoms with van der Waals surface area (Å²) in [7, 11) is 1.64. The van der Waals surface area contributed by atoms with Gasteiger partial charge in [-0.3, -0.25) is 4.79 Å². The molecule has 2 aromatic rings. The molecule has 39 heavy (non-hydrogen) atoms. The molecule has 0 atom stereocenters. The van der Waals surface area contributed by atoms with Gasteiger partial charge in [-0.15, -0.1) is 11.8 Å². The fraction of sp³-hybridized carbons (Fsp3) is 0.545. The van der Waals surface area contributed by atoms with E-state index in [9.17, 15) is 4.79 Å². The molecule has 0 aromatic heterocycles. The Bertz CT molecular complexity index is 1040. The van der Waals surface area contributed by atoms with Gasteiger partial charge in [0.25, 0.3) is 5.91 Å². The number of rotatable bonds is 19. The van der Waals surface area contributed by atoms with Crippen LogP contribution in [0.3, 0.4) is 0 Å². The van der Waals surface area contributed by atoms with E-state index in [0.29, 0.717) is 35.9 Å². The molecular weight excluding hydrogens is 504 g/mol. The number of allylic oxidation sites excluding steroid dienone is 1. The molecule has 1 aliphatic heterocycles. The SMILES string of the molecule is CCCCCCCCCCCCCCOc1ccc(NC(=O)c2ccccc2CN2C=C(C)SC2)cc1OC. The van der Waals surface area contributed by atoms with E-state index in [0.717, 1.165) is 17.9 Å². The Morgan fingerprint density at radius 2 is 1.56 bits per heavy atom. The Morgan fingerprint density at radius 1 is 0.897 bits per heavy atom. The first-order valence-corrected chi connectivity index (χ1v) is 15.8. The molecule has 0 saturated heterocycles. The van der Waals surface area contributed by atoms with Crippen molar-refractivity contribution < 1.29 is 14.3 Å². The number of hydrogen-bond acceptors (Lipinski definition) is 5. The first-order chi connectivity index (χ1) is 19.1. The van der Waals surface area contributed by atoms with Crippen LogP contribution < -0.4 is 14.8 Å². The van der Waals surface area contributed by atoms with Gasteiger partial charge in [-0.1, -0.05) is 95.8 Å². The number of ether oxygens (including phenoxy) is 2. The Morgan fingerprint density at radius 3 is 2.21 bits per heavy atom. The summed E-state index contributed by atoms with van der Waals surface area (Å²) in [6.07, 6.45) is 18.0. The van der Waals surface area contributed by atoms with Gasteiger partial charge in [0.05, 0.1) is 19.6 Å². The second-order valence-corrected chi connectivity index (χ2v) is 11.7. The molecule has 1 amide bonds. The molecule has 1 N–H and O–H groups in total. The maximum absolute atomic E-state index is 13.1. The Hall–Kier alpha value is -2.60. The maximum Gasteiger partial charge on any atom is 0.256 e. The first-order valence-electron chi connectivity index (χ1n) is 14.9. The monoisotopic (exact) mass is 552 g/mol. The van der Waals surface area contributed by atoms with Gasteiger partial charge in [0.15, 0.2) is 11.5 Å². The van der Waals surface area contributed by atoms with Crippen LogP contribution in [-0.2, 0) is 6.54 Å². The number of carbonyl (C=O) groups excluding carboxylic acids is 1.